The van der Waals surface area contributed by atoms with Gasteiger partial charge in [-0.3, -0.25) is 4.79 Å². The van der Waals surface area contributed by atoms with Crippen molar-refractivity contribution in [1.29, 1.82) is 0 Å². The van der Waals surface area contributed by atoms with Crippen molar-refractivity contribution in [2.45, 2.75) is 31.8 Å². The van der Waals surface area contributed by atoms with Gasteiger partial charge in [0.2, 0.25) is 5.95 Å². The van der Waals surface area contributed by atoms with Gasteiger partial charge in [-0.15, -0.1) is 0 Å². The maximum absolute atomic E-state index is 12.6. The molecule has 0 radical (unpaired) electrons. The molecule has 8 nitrogen and oxygen atoms in total. The number of anilines is 2. The van der Waals surface area contributed by atoms with Crippen LogP contribution in [0.5, 0.6) is 5.75 Å². The van der Waals surface area contributed by atoms with Crippen LogP contribution in [0, 0.1) is 0 Å². The number of aliphatic hydroxyl groups excluding tert-OH is 1. The zero-order valence-electron chi connectivity index (χ0n) is 17.2. The topological polar surface area (TPSA) is 96.8 Å². The lowest BCUT2D eigenvalue weighted by Crippen LogP contribution is -2.33. The summed E-state index contributed by atoms with van der Waals surface area (Å²) in [6.07, 6.45) is 3.65. The zero-order chi connectivity index (χ0) is 21.5. The van der Waals surface area contributed by atoms with Crippen LogP contribution in [0.1, 0.15) is 35.2 Å². The number of ether oxygens (including phenoxy) is 2. The van der Waals surface area contributed by atoms with Crippen molar-refractivity contribution >= 4 is 29.2 Å². The predicted molar refractivity (Wildman–Crippen MR) is 116 cm³/mol. The Hall–Kier alpha value is -2.42. The highest BCUT2D eigenvalue weighted by atomic mass is 35.5. The second-order valence-corrected chi connectivity index (χ2v) is 7.50. The number of hydrogen-bond donors (Lipinski definition) is 2. The van der Waals surface area contributed by atoms with Crippen LogP contribution in [0.4, 0.5) is 11.8 Å². The van der Waals surface area contributed by atoms with Gasteiger partial charge in [0, 0.05) is 32.8 Å². The molecule has 1 fully saturated rings. The van der Waals surface area contributed by atoms with Gasteiger partial charge < -0.3 is 24.8 Å². The molecule has 1 saturated heterocycles. The van der Waals surface area contributed by atoms with Crippen LogP contribution in [-0.4, -0.2) is 60.9 Å². The highest BCUT2D eigenvalue weighted by molar-refractivity contribution is 6.32. The number of ketones is 1. The molecule has 9 heteroatoms. The molecule has 1 aliphatic rings. The van der Waals surface area contributed by atoms with Crippen molar-refractivity contribution < 1.29 is 19.4 Å². The molecule has 1 aliphatic heterocycles. The van der Waals surface area contributed by atoms with Gasteiger partial charge in [0.05, 0.1) is 37.0 Å². The van der Waals surface area contributed by atoms with Gasteiger partial charge in [0.1, 0.15) is 11.6 Å². The minimum atomic E-state index is -0.0983. The van der Waals surface area contributed by atoms with Gasteiger partial charge >= 0.3 is 0 Å². The van der Waals surface area contributed by atoms with Crippen LogP contribution in [0.25, 0.3) is 0 Å². The van der Waals surface area contributed by atoms with E-state index in [9.17, 15) is 9.90 Å². The highest BCUT2D eigenvalue weighted by Gasteiger charge is 2.27. The Balaban J connectivity index is 1.85. The van der Waals surface area contributed by atoms with Gasteiger partial charge in [0.25, 0.3) is 0 Å². The third-order valence-electron chi connectivity index (χ3n) is 5.13. The number of nitrogens with one attached hydrogen (secondary N) is 1. The minimum absolute atomic E-state index is 0.00622. The third-order valence-corrected chi connectivity index (χ3v) is 5.43. The van der Waals surface area contributed by atoms with E-state index >= 15 is 0 Å². The number of carbonyl (C=O) groups excluding carboxylic acids is 1. The number of hydrogen-bond acceptors (Lipinski definition) is 8. The summed E-state index contributed by atoms with van der Waals surface area (Å²) >= 11 is 6.22. The van der Waals surface area contributed by atoms with Crippen LogP contribution < -0.4 is 15.0 Å². The van der Waals surface area contributed by atoms with Crippen LogP contribution in [0.15, 0.2) is 24.4 Å². The Morgan fingerprint density at radius 2 is 2.23 bits per heavy atom. The Morgan fingerprint density at radius 1 is 1.40 bits per heavy atom. The quantitative estimate of drug-likeness (QED) is 0.551. The standard InChI is InChI=1S/C21H27ClN4O4/c1-29-9-7-18(28)16-12-24-21(26-8-3-4-15(26)13-27)25-20(16)23-11-14-5-6-19(30-2)17(22)10-14/h5-6,10,12,15,27H,3-4,7-9,11,13H2,1-2H3,(H,23,24,25)/t15-/m0/s1. The predicted octanol–water partition coefficient (Wildman–Crippen LogP) is 2.93. The maximum atomic E-state index is 12.6. The van der Waals surface area contributed by atoms with E-state index in [4.69, 9.17) is 21.1 Å². The van der Waals surface area contributed by atoms with Gasteiger partial charge in [-0.2, -0.15) is 4.98 Å². The molecular formula is C21H27ClN4O4. The summed E-state index contributed by atoms with van der Waals surface area (Å²) in [5, 5.41) is 13.4. The molecule has 0 aliphatic carbocycles. The third kappa shape index (κ3) is 5.19. The number of aromatic nitrogens is 2. The normalized spacial score (nSPS) is 16.0. The second kappa shape index (κ2) is 10.6. The number of carbonyl (C=O) groups is 1. The van der Waals surface area contributed by atoms with Crippen molar-refractivity contribution in [3.63, 3.8) is 0 Å². The number of Topliss-reactive ketones (excluding diaryl/α,β-unsaturated/α-hetero) is 1. The number of methoxy groups -OCH3 is 2. The molecule has 0 bridgehead atoms. The molecule has 162 valence electrons. The van der Waals surface area contributed by atoms with E-state index in [0.717, 1.165) is 24.9 Å². The number of halogens is 1. The summed E-state index contributed by atoms with van der Waals surface area (Å²) in [4.78, 5) is 23.7. The average molecular weight is 435 g/mol. The van der Waals surface area contributed by atoms with Crippen LogP contribution in [0.3, 0.4) is 0 Å². The van der Waals surface area contributed by atoms with Gasteiger partial charge in [-0.1, -0.05) is 17.7 Å². The molecule has 2 heterocycles. The summed E-state index contributed by atoms with van der Waals surface area (Å²) in [5.41, 5.74) is 1.33. The average Bonchev–Trinajstić information content (AvgIpc) is 3.25. The van der Waals surface area contributed by atoms with Gasteiger partial charge in [-0.25, -0.2) is 4.98 Å². The zero-order valence-corrected chi connectivity index (χ0v) is 18.0. The summed E-state index contributed by atoms with van der Waals surface area (Å²) in [6.45, 7) is 1.57. The van der Waals surface area contributed by atoms with Crippen molar-refractivity contribution in [3.05, 3.63) is 40.5 Å². The lowest BCUT2D eigenvalue weighted by atomic mass is 10.1. The van der Waals surface area contributed by atoms with E-state index in [1.807, 2.05) is 17.0 Å². The molecule has 0 saturated carbocycles. The lowest BCUT2D eigenvalue weighted by Gasteiger charge is -2.24. The van der Waals surface area contributed by atoms with E-state index < -0.39 is 0 Å². The van der Waals surface area contributed by atoms with Crippen molar-refractivity contribution in [1.82, 2.24) is 9.97 Å². The van der Waals surface area contributed by atoms with E-state index in [0.29, 0.717) is 41.3 Å². The first-order chi connectivity index (χ1) is 14.6. The fourth-order valence-electron chi connectivity index (χ4n) is 3.47. The molecule has 0 amide bonds. The van der Waals surface area contributed by atoms with Gasteiger partial charge in [-0.05, 0) is 30.5 Å². The van der Waals surface area contributed by atoms with Crippen molar-refractivity contribution in [2.24, 2.45) is 0 Å². The highest BCUT2D eigenvalue weighted by Crippen LogP contribution is 2.27. The summed E-state index contributed by atoms with van der Waals surface area (Å²) in [5.74, 6) is 1.46. The maximum Gasteiger partial charge on any atom is 0.227 e. The molecule has 2 N–H and O–H groups in total. The fourth-order valence-corrected chi connectivity index (χ4v) is 3.75. The minimum Gasteiger partial charge on any atom is -0.495 e. The van der Waals surface area contributed by atoms with E-state index in [-0.39, 0.29) is 24.9 Å². The van der Waals surface area contributed by atoms with Crippen LogP contribution in [0.2, 0.25) is 5.02 Å². The second-order valence-electron chi connectivity index (χ2n) is 7.09. The summed E-state index contributed by atoms with van der Waals surface area (Å²) in [7, 11) is 3.12. The molecule has 3 rings (SSSR count). The lowest BCUT2D eigenvalue weighted by molar-refractivity contribution is 0.0932. The molecule has 2 aromatic rings. The van der Waals surface area contributed by atoms with Gasteiger partial charge in [0.15, 0.2) is 5.78 Å². The summed E-state index contributed by atoms with van der Waals surface area (Å²) in [6, 6.07) is 5.50. The van der Waals surface area contributed by atoms with Crippen LogP contribution >= 0.6 is 11.6 Å². The van der Waals surface area contributed by atoms with E-state index in [1.54, 1.807) is 26.5 Å². The molecule has 1 aromatic carbocycles. The first-order valence-electron chi connectivity index (χ1n) is 9.90. The Labute approximate surface area is 181 Å². The van der Waals surface area contributed by atoms with E-state index in [1.165, 1.54) is 0 Å². The fraction of sp³-hybridized carbons (Fsp3) is 0.476. The first kappa shape index (κ1) is 22.3. The Bertz CT molecular complexity index is 880. The Kier molecular flexibility index (Phi) is 7.84. The van der Waals surface area contributed by atoms with Crippen molar-refractivity contribution in [3.8, 4) is 5.75 Å². The molecule has 1 atom stereocenters. The Morgan fingerprint density at radius 3 is 2.93 bits per heavy atom. The van der Waals surface area contributed by atoms with Crippen LogP contribution in [-0.2, 0) is 11.3 Å². The van der Waals surface area contributed by atoms with Crippen molar-refractivity contribution in [2.75, 3.05) is 44.2 Å². The largest absolute Gasteiger partial charge is 0.495 e. The summed E-state index contributed by atoms with van der Waals surface area (Å²) < 4.78 is 10.2. The molecule has 1 aromatic heterocycles. The number of benzene rings is 1. The smallest absolute Gasteiger partial charge is 0.227 e. The SMILES string of the molecule is COCCC(=O)c1cnc(N2CCC[C@H]2CO)nc1NCc1ccc(OC)c(Cl)c1. The number of rotatable bonds is 10. The first-order valence-corrected chi connectivity index (χ1v) is 10.3. The molecule has 0 unspecified atom stereocenters. The number of aliphatic hydroxyl groups is 1. The molecule has 0 spiro atoms. The number of nitrogens with zero attached hydrogens (tertiary/aromatic N) is 3. The van der Waals surface area contributed by atoms with E-state index in [2.05, 4.69) is 15.3 Å². The molecular weight excluding hydrogens is 408 g/mol. The monoisotopic (exact) mass is 434 g/mol. The molecule has 30 heavy (non-hydrogen) atoms.